The van der Waals surface area contributed by atoms with E-state index in [1.54, 1.807) is 6.92 Å². The molecule has 4 saturated heterocycles. The van der Waals surface area contributed by atoms with E-state index in [-0.39, 0.29) is 71.2 Å². The van der Waals surface area contributed by atoms with E-state index in [1.165, 1.54) is 27.7 Å². The van der Waals surface area contributed by atoms with Crippen LogP contribution in [0.5, 0.6) is 0 Å². The third-order valence-electron chi connectivity index (χ3n) is 9.40. The minimum Gasteiger partial charge on any atom is -0.477 e. The first-order valence-electron chi connectivity index (χ1n) is 13.9. The van der Waals surface area contributed by atoms with Crippen LogP contribution in [-0.4, -0.2) is 127 Å². The lowest BCUT2D eigenvalue weighted by atomic mass is 9.78. The second-order valence-corrected chi connectivity index (χ2v) is 13.2. The Balaban J connectivity index is 1.09. The summed E-state index contributed by atoms with van der Waals surface area (Å²) >= 11 is 1.43. The number of aliphatic hydroxyl groups is 1. The molecule has 8 atom stereocenters. The third-order valence-corrected chi connectivity index (χ3v) is 10.9. The highest BCUT2D eigenvalue weighted by molar-refractivity contribution is 8.03. The highest BCUT2D eigenvalue weighted by atomic mass is 32.2. The average molecular weight is 590 g/mol. The first-order valence-corrected chi connectivity index (χ1v) is 14.8. The third kappa shape index (κ3) is 4.70. The number of thioether (sulfide) groups is 1. The van der Waals surface area contributed by atoms with Crippen LogP contribution in [0.25, 0.3) is 0 Å². The van der Waals surface area contributed by atoms with Crippen molar-refractivity contribution in [3.8, 4) is 0 Å². The molecule has 0 radical (unpaired) electrons. The number of hydrogen-bond acceptors (Lipinski definition) is 11. The Morgan fingerprint density at radius 1 is 1.32 bits per heavy atom. The second-order valence-electron chi connectivity index (χ2n) is 11.9. The maximum Gasteiger partial charge on any atom is 0.353 e. The number of carboxylic acids is 1. The maximum absolute atomic E-state index is 13.4. The molecule has 0 saturated carbocycles. The van der Waals surface area contributed by atoms with Gasteiger partial charge in [-0.05, 0) is 29.7 Å². The molecule has 5 N–H and O–H groups in total. The van der Waals surface area contributed by atoms with Crippen LogP contribution in [0.3, 0.4) is 0 Å². The van der Waals surface area contributed by atoms with Crippen molar-refractivity contribution in [2.45, 2.75) is 50.2 Å². The van der Waals surface area contributed by atoms with Gasteiger partial charge in [0.25, 0.3) is 0 Å². The fourth-order valence-corrected chi connectivity index (χ4v) is 8.76. The predicted molar refractivity (Wildman–Crippen MR) is 144 cm³/mol. The van der Waals surface area contributed by atoms with Crippen LogP contribution in [-0.2, 0) is 25.7 Å². The van der Waals surface area contributed by atoms with Gasteiger partial charge >= 0.3 is 5.97 Å². The maximum atomic E-state index is 13.4. The molecule has 1 aromatic rings. The van der Waals surface area contributed by atoms with Crippen molar-refractivity contribution in [1.29, 1.82) is 0 Å². The summed E-state index contributed by atoms with van der Waals surface area (Å²) in [6, 6.07) is -1.26. The zero-order valence-electron chi connectivity index (χ0n) is 22.9. The summed E-state index contributed by atoms with van der Waals surface area (Å²) in [6.07, 6.45) is 1.87. The number of aliphatic hydroxyl groups excluding tert-OH is 1. The fourth-order valence-electron chi connectivity index (χ4n) is 7.28. The highest BCUT2D eigenvalue weighted by Gasteiger charge is 2.60. The number of hydrogen-bond donors (Lipinski definition) is 5. The number of nitrogens with one attached hydrogen (secondary N) is 3. The molecule has 1 aromatic heterocycles. The van der Waals surface area contributed by atoms with Gasteiger partial charge in [0, 0.05) is 60.3 Å². The quantitative estimate of drug-likeness (QED) is 0.190. The smallest absolute Gasteiger partial charge is 0.353 e. The number of carboxylic acid groups (broad SMARTS) is 1. The summed E-state index contributed by atoms with van der Waals surface area (Å²) in [5.41, 5.74) is -0.273. The monoisotopic (exact) mass is 589 g/mol. The standard InChI is InChI=1S/C25H35N9O6S/c1-12-19-18(13(2)29-17(36)7-33-11-28-30-31-33)23(38)34(19)20(24(39)40)21(12)41-15-3-16(27-5-15)22(37)32-6-14-4-26-8-25(14,9-32)10-35/h11-16,18-19,26-27,35H,3-10H2,1-2H3,(H,29,36)(H,39,40)/t12-,13-,14-,15+,16+,18-,19-,25+/m1/s1. The van der Waals surface area contributed by atoms with Gasteiger partial charge in [0.2, 0.25) is 17.7 Å². The lowest BCUT2D eigenvalue weighted by molar-refractivity contribution is -0.158. The number of rotatable bonds is 9. The average Bonchev–Trinajstić information content (AvgIpc) is 3.73. The number of β-lactam (4-membered cyclic amide) rings is 1. The van der Waals surface area contributed by atoms with E-state index in [1.807, 2.05) is 11.8 Å². The van der Waals surface area contributed by atoms with Crippen molar-refractivity contribution in [3.63, 3.8) is 0 Å². The Bertz CT molecular complexity index is 1280. The lowest BCUT2D eigenvalue weighted by Gasteiger charge is -2.47. The Hall–Kier alpha value is -3.08. The normalized spacial score (nSPS) is 35.0. The molecule has 222 valence electrons. The van der Waals surface area contributed by atoms with Gasteiger partial charge in [-0.15, -0.1) is 16.9 Å². The molecule has 15 nitrogen and oxygen atoms in total. The number of carbonyl (C=O) groups excluding carboxylic acids is 3. The van der Waals surface area contributed by atoms with Gasteiger partial charge in [-0.1, -0.05) is 6.92 Å². The van der Waals surface area contributed by atoms with Gasteiger partial charge in [0.1, 0.15) is 18.6 Å². The van der Waals surface area contributed by atoms with Crippen molar-refractivity contribution in [1.82, 2.24) is 46.0 Å². The van der Waals surface area contributed by atoms with Gasteiger partial charge in [-0.2, -0.15) is 0 Å². The highest BCUT2D eigenvalue weighted by Crippen LogP contribution is 2.52. The second kappa shape index (κ2) is 10.6. The van der Waals surface area contributed by atoms with Crippen LogP contribution in [0.15, 0.2) is 16.9 Å². The Kier molecular flexibility index (Phi) is 7.28. The molecule has 3 amide bonds. The van der Waals surface area contributed by atoms with E-state index in [4.69, 9.17) is 0 Å². The fraction of sp³-hybridized carbons (Fsp3) is 0.720. The summed E-state index contributed by atoms with van der Waals surface area (Å²) in [4.78, 5) is 55.2. The number of aliphatic carboxylic acids is 1. The number of fused-ring (bicyclic) bond motifs is 2. The van der Waals surface area contributed by atoms with Gasteiger partial charge in [0.15, 0.2) is 0 Å². The molecule has 0 aromatic carbocycles. The molecule has 41 heavy (non-hydrogen) atoms. The summed E-state index contributed by atoms with van der Waals surface area (Å²) in [5, 5.41) is 40.2. The molecule has 0 unspecified atom stereocenters. The van der Waals surface area contributed by atoms with Crippen molar-refractivity contribution in [2.75, 3.05) is 39.3 Å². The lowest BCUT2D eigenvalue weighted by Crippen LogP contribution is -2.66. The summed E-state index contributed by atoms with van der Waals surface area (Å²) in [5.74, 6) is -2.37. The Labute approximate surface area is 240 Å². The zero-order valence-corrected chi connectivity index (χ0v) is 23.7. The van der Waals surface area contributed by atoms with Gasteiger partial charge in [-0.25, -0.2) is 9.48 Å². The van der Waals surface area contributed by atoms with E-state index in [2.05, 4.69) is 31.5 Å². The molecular weight excluding hydrogens is 554 g/mol. The van der Waals surface area contributed by atoms with E-state index >= 15 is 0 Å². The zero-order chi connectivity index (χ0) is 29.1. The predicted octanol–water partition coefficient (Wildman–Crippen LogP) is -2.55. The van der Waals surface area contributed by atoms with Crippen LogP contribution in [0.2, 0.25) is 0 Å². The summed E-state index contributed by atoms with van der Waals surface area (Å²) in [6.45, 7) is 6.82. The number of amides is 3. The van der Waals surface area contributed by atoms with Crippen LogP contribution in [0.1, 0.15) is 20.3 Å². The van der Waals surface area contributed by atoms with Crippen molar-refractivity contribution in [2.24, 2.45) is 23.2 Å². The van der Waals surface area contributed by atoms with E-state index in [0.29, 0.717) is 37.5 Å². The van der Waals surface area contributed by atoms with Gasteiger partial charge < -0.3 is 36.0 Å². The molecule has 4 fully saturated rings. The van der Waals surface area contributed by atoms with Crippen LogP contribution in [0, 0.1) is 23.2 Å². The Morgan fingerprint density at radius 2 is 2.12 bits per heavy atom. The minimum atomic E-state index is -1.16. The first kappa shape index (κ1) is 28.1. The molecule has 5 aliphatic rings. The number of nitrogens with zero attached hydrogens (tertiary/aromatic N) is 6. The Morgan fingerprint density at radius 3 is 2.80 bits per heavy atom. The number of tetrazole rings is 1. The molecule has 6 heterocycles. The number of carbonyl (C=O) groups is 4. The molecule has 0 spiro atoms. The number of aromatic nitrogens is 4. The van der Waals surface area contributed by atoms with Crippen LogP contribution < -0.4 is 16.0 Å². The molecule has 0 bridgehead atoms. The molecule has 6 rings (SSSR count). The molecule has 0 aliphatic carbocycles. The van der Waals surface area contributed by atoms with Gasteiger partial charge in [-0.3, -0.25) is 14.4 Å². The van der Waals surface area contributed by atoms with E-state index < -0.39 is 17.9 Å². The van der Waals surface area contributed by atoms with Crippen LogP contribution >= 0.6 is 11.8 Å². The molecular formula is C25H35N9O6S. The van der Waals surface area contributed by atoms with Crippen molar-refractivity contribution >= 4 is 35.5 Å². The van der Waals surface area contributed by atoms with Gasteiger partial charge in [0.05, 0.1) is 24.6 Å². The largest absolute Gasteiger partial charge is 0.477 e. The number of likely N-dealkylation sites (tertiary alicyclic amines) is 1. The van der Waals surface area contributed by atoms with Crippen molar-refractivity contribution < 1.29 is 29.4 Å². The first-order chi connectivity index (χ1) is 19.6. The summed E-state index contributed by atoms with van der Waals surface area (Å²) in [7, 11) is 0. The summed E-state index contributed by atoms with van der Waals surface area (Å²) < 4.78 is 1.28. The van der Waals surface area contributed by atoms with Crippen LogP contribution in [0.4, 0.5) is 0 Å². The van der Waals surface area contributed by atoms with E-state index in [9.17, 15) is 29.4 Å². The minimum absolute atomic E-state index is 0.000462. The topological polar surface area (TPSA) is 195 Å². The molecule has 5 aliphatic heterocycles. The molecule has 16 heteroatoms. The SMILES string of the molecule is C[C@@H](NC(=O)Cn1cnnn1)[C@H]1C(=O)N2C(C(=O)O)=C(S[C@@H]3CN[C@H](C(=O)N4C[C@H]5CNC[C@@]5(CO)C4)C3)[C@H](C)[C@H]12. The van der Waals surface area contributed by atoms with E-state index in [0.717, 1.165) is 6.54 Å². The van der Waals surface area contributed by atoms with Crippen molar-refractivity contribution in [3.05, 3.63) is 16.9 Å².